The second kappa shape index (κ2) is 17.6. The van der Waals surface area contributed by atoms with E-state index in [0.29, 0.717) is 11.1 Å². The van der Waals surface area contributed by atoms with Crippen LogP contribution in [0.4, 0.5) is 26.3 Å². The van der Waals surface area contributed by atoms with Crippen LogP contribution in [0.2, 0.25) is 0 Å². The lowest BCUT2D eigenvalue weighted by atomic mass is 9.81. The van der Waals surface area contributed by atoms with E-state index in [2.05, 4.69) is 164 Å². The van der Waals surface area contributed by atoms with E-state index in [9.17, 15) is 26.3 Å². The van der Waals surface area contributed by atoms with Gasteiger partial charge >= 0.3 is 12.4 Å². The van der Waals surface area contributed by atoms with E-state index in [1.165, 1.54) is 67.1 Å². The van der Waals surface area contributed by atoms with Crippen molar-refractivity contribution in [1.29, 1.82) is 0 Å². The van der Waals surface area contributed by atoms with Gasteiger partial charge in [0, 0.05) is 0 Å². The van der Waals surface area contributed by atoms with Gasteiger partial charge in [0.1, 0.15) is 0 Å². The summed E-state index contributed by atoms with van der Waals surface area (Å²) < 4.78 is 84.9. The summed E-state index contributed by atoms with van der Waals surface area (Å²) in [4.78, 5) is 0. The van der Waals surface area contributed by atoms with Crippen molar-refractivity contribution < 1.29 is 26.3 Å². The standard InChI is InChI=1S/C78H42F6/c79-77(80,81)47-31-27-44(28-32-47)50-20-8-10-22-52(50)70-56-26-14-12-24-54(56)66(46-29-33-48(34-30-46)78(82,83)84)74-62-40-36-58-59-37-41-63-71-61(39-35-57(67(59)71)60-38-42-64(76(70)74)72(62)68(58)60)73-65(45-17-5-2-6-18-45)53-23-11-13-25-55(53)69(75(63)73)51-21-9-7-19-49(51)43-15-3-1-4-16-43/h1-42H. The number of hydrogen-bond donors (Lipinski definition) is 0. The molecule has 0 N–H and O–H groups in total. The van der Waals surface area contributed by atoms with E-state index >= 15 is 0 Å². The molecule has 2 aliphatic rings. The van der Waals surface area contributed by atoms with Crippen molar-refractivity contribution in [1.82, 2.24) is 0 Å². The van der Waals surface area contributed by atoms with Crippen LogP contribution < -0.4 is 0 Å². The summed E-state index contributed by atoms with van der Waals surface area (Å²) in [5.74, 6) is 0. The molecule has 84 heavy (non-hydrogen) atoms. The second-order valence-electron chi connectivity index (χ2n) is 22.2. The molecular formula is C78H42F6. The summed E-state index contributed by atoms with van der Waals surface area (Å²) in [5, 5.41) is 13.0. The molecule has 0 saturated carbocycles. The minimum atomic E-state index is -4.53. The largest absolute Gasteiger partial charge is 0.416 e. The molecule has 0 amide bonds. The molecule has 0 unspecified atom stereocenters. The van der Waals surface area contributed by atoms with Gasteiger partial charge in [0.05, 0.1) is 11.1 Å². The van der Waals surface area contributed by atoms with E-state index in [-0.39, 0.29) is 0 Å². The number of halogens is 6. The number of alkyl halides is 6. The van der Waals surface area contributed by atoms with Crippen LogP contribution in [0.1, 0.15) is 11.1 Å². The molecule has 15 aromatic rings. The van der Waals surface area contributed by atoms with Gasteiger partial charge < -0.3 is 0 Å². The Labute approximate surface area is 478 Å². The summed E-state index contributed by atoms with van der Waals surface area (Å²) in [7, 11) is 0. The van der Waals surface area contributed by atoms with E-state index in [0.717, 1.165) is 134 Å². The quantitative estimate of drug-likeness (QED) is 0.0884. The summed E-state index contributed by atoms with van der Waals surface area (Å²) in [6, 6.07) is 83.8. The van der Waals surface area contributed by atoms with Crippen molar-refractivity contribution in [2.75, 3.05) is 0 Å². The summed E-state index contributed by atoms with van der Waals surface area (Å²) >= 11 is 0. The monoisotopic (exact) mass is 1090 g/mol. The fourth-order valence-electron chi connectivity index (χ4n) is 14.6. The van der Waals surface area contributed by atoms with Crippen molar-refractivity contribution in [2.24, 2.45) is 0 Å². The molecule has 0 radical (unpaired) electrons. The van der Waals surface area contributed by atoms with E-state index < -0.39 is 23.5 Å². The molecule has 396 valence electrons. The van der Waals surface area contributed by atoms with Crippen molar-refractivity contribution in [3.8, 4) is 111 Å². The number of rotatable bonds is 6. The van der Waals surface area contributed by atoms with Crippen LogP contribution >= 0.6 is 0 Å². The predicted octanol–water partition coefficient (Wildman–Crippen LogP) is 23.4. The Morgan fingerprint density at radius 3 is 0.810 bits per heavy atom. The summed E-state index contributed by atoms with van der Waals surface area (Å²) in [6.45, 7) is 0. The smallest absolute Gasteiger partial charge is 0.166 e. The average Bonchev–Trinajstić information content (AvgIpc) is 1.52. The zero-order valence-electron chi connectivity index (χ0n) is 44.5. The first-order valence-corrected chi connectivity index (χ1v) is 28.1. The Hall–Kier alpha value is -10.3. The van der Waals surface area contributed by atoms with Crippen LogP contribution in [0.15, 0.2) is 255 Å². The highest BCUT2D eigenvalue weighted by Gasteiger charge is 2.37. The number of fused-ring (bicyclic) bond motifs is 10. The minimum Gasteiger partial charge on any atom is -0.166 e. The van der Waals surface area contributed by atoms with E-state index in [4.69, 9.17) is 0 Å². The Morgan fingerprint density at radius 2 is 0.440 bits per heavy atom. The van der Waals surface area contributed by atoms with Gasteiger partial charge in [-0.2, -0.15) is 26.3 Å². The lowest BCUT2D eigenvalue weighted by molar-refractivity contribution is -0.138. The van der Waals surface area contributed by atoms with Gasteiger partial charge in [-0.3, -0.25) is 0 Å². The average molecular weight is 1090 g/mol. The van der Waals surface area contributed by atoms with Crippen molar-refractivity contribution >= 4 is 64.6 Å². The molecule has 0 fully saturated rings. The fourth-order valence-corrected chi connectivity index (χ4v) is 14.6. The maximum Gasteiger partial charge on any atom is 0.416 e. The maximum absolute atomic E-state index is 14.3. The molecule has 2 aliphatic carbocycles. The highest BCUT2D eigenvalue weighted by atomic mass is 19.4. The first-order chi connectivity index (χ1) is 41.0. The van der Waals surface area contributed by atoms with E-state index in [1.807, 2.05) is 42.5 Å². The minimum absolute atomic E-state index is 0.621. The van der Waals surface area contributed by atoms with Gasteiger partial charge in [-0.15, -0.1) is 0 Å². The fraction of sp³-hybridized carbons (Fsp3) is 0.0256. The Morgan fingerprint density at radius 1 is 0.167 bits per heavy atom. The first-order valence-electron chi connectivity index (χ1n) is 28.1. The molecular weight excluding hydrogens is 1050 g/mol. The zero-order valence-corrected chi connectivity index (χ0v) is 44.5. The van der Waals surface area contributed by atoms with Gasteiger partial charge in [-0.1, -0.05) is 231 Å². The van der Waals surface area contributed by atoms with Crippen molar-refractivity contribution in [2.45, 2.75) is 12.4 Å². The van der Waals surface area contributed by atoms with Crippen LogP contribution in [0.5, 0.6) is 0 Å². The van der Waals surface area contributed by atoms with Gasteiger partial charge in [-0.05, 0) is 200 Å². The molecule has 15 aromatic carbocycles. The molecule has 0 bridgehead atoms. The molecule has 0 aromatic heterocycles. The second-order valence-corrected chi connectivity index (χ2v) is 22.2. The Balaban J connectivity index is 0.969. The van der Waals surface area contributed by atoms with Crippen molar-refractivity contribution in [3.05, 3.63) is 266 Å². The van der Waals surface area contributed by atoms with Crippen LogP contribution in [0.3, 0.4) is 0 Å². The third-order valence-electron chi connectivity index (χ3n) is 18.0. The van der Waals surface area contributed by atoms with Crippen LogP contribution in [-0.4, -0.2) is 0 Å². The van der Waals surface area contributed by atoms with Gasteiger partial charge in [0.2, 0.25) is 0 Å². The van der Waals surface area contributed by atoms with Gasteiger partial charge in [0.15, 0.2) is 0 Å². The third-order valence-corrected chi connectivity index (χ3v) is 18.0. The SMILES string of the molecule is FC(F)(F)c1ccc(-c2ccccc2-c2c3c(c(-c4ccc(C(F)(F)F)cc4)c4ccccc24)-c2ccc4c5ccc6c7c(ccc(c8ccc-3c2c48)c75)-c2c-6c(-c3ccccc3-c3ccccc3)c3ccccc3c2-c2ccccc2)cc1. The molecule has 17 rings (SSSR count). The molecule has 6 heteroatoms. The summed E-state index contributed by atoms with van der Waals surface area (Å²) in [6.07, 6.45) is -9.04. The normalized spacial score (nSPS) is 12.6. The maximum atomic E-state index is 14.3. The molecule has 0 aliphatic heterocycles. The number of benzene rings is 15. The summed E-state index contributed by atoms with van der Waals surface area (Å²) in [5.41, 5.74) is 18.5. The molecule has 0 spiro atoms. The predicted molar refractivity (Wildman–Crippen MR) is 334 cm³/mol. The Bertz CT molecular complexity index is 5270. The number of hydrogen-bond acceptors (Lipinski definition) is 0. The lowest BCUT2D eigenvalue weighted by Crippen LogP contribution is -2.04. The molecule has 0 atom stereocenters. The lowest BCUT2D eigenvalue weighted by Gasteiger charge is -2.22. The van der Waals surface area contributed by atoms with Gasteiger partial charge in [-0.25, -0.2) is 0 Å². The van der Waals surface area contributed by atoms with E-state index in [1.54, 1.807) is 12.1 Å². The highest BCUT2D eigenvalue weighted by molar-refractivity contribution is 6.42. The third kappa shape index (κ3) is 6.79. The molecule has 0 saturated heterocycles. The zero-order chi connectivity index (χ0) is 56.3. The van der Waals surface area contributed by atoms with Crippen LogP contribution in [0.25, 0.3) is 176 Å². The molecule has 0 heterocycles. The first kappa shape index (κ1) is 48.4. The van der Waals surface area contributed by atoms with Crippen LogP contribution in [-0.2, 0) is 12.4 Å². The topological polar surface area (TPSA) is 0 Å². The van der Waals surface area contributed by atoms with Crippen LogP contribution in [0, 0.1) is 0 Å². The highest BCUT2D eigenvalue weighted by Crippen LogP contribution is 2.64. The Kier molecular flexibility index (Phi) is 10.1. The molecule has 0 nitrogen and oxygen atoms in total. The van der Waals surface area contributed by atoms with Crippen molar-refractivity contribution in [3.63, 3.8) is 0 Å². The van der Waals surface area contributed by atoms with Gasteiger partial charge in [0.25, 0.3) is 0 Å².